The van der Waals surface area contributed by atoms with Crippen LogP contribution in [0.15, 0.2) is 77.2 Å². The normalized spacial score (nSPS) is 10.8. The van der Waals surface area contributed by atoms with E-state index in [0.717, 1.165) is 11.3 Å². The number of hydrogen-bond donors (Lipinski definition) is 3. The lowest BCUT2D eigenvalue weighted by Crippen LogP contribution is -2.18. The Morgan fingerprint density at radius 1 is 0.966 bits per heavy atom. The third-order valence-electron chi connectivity index (χ3n) is 4.91. The minimum Gasteiger partial charge on any atom is -0.508 e. The van der Waals surface area contributed by atoms with Crippen LogP contribution in [-0.2, 0) is 6.42 Å². The van der Waals surface area contributed by atoms with Gasteiger partial charge >= 0.3 is 0 Å². The van der Waals surface area contributed by atoms with Crippen LogP contribution in [0.2, 0.25) is 0 Å². The van der Waals surface area contributed by atoms with E-state index in [0.29, 0.717) is 40.8 Å². The van der Waals surface area contributed by atoms with E-state index in [1.165, 1.54) is 0 Å². The fraction of sp³-hybridized carbons (Fsp3) is 0.125. The van der Waals surface area contributed by atoms with Gasteiger partial charge in [-0.3, -0.25) is 4.79 Å². The molecular formula is C24H22N2O3. The molecule has 0 aliphatic rings. The Bertz CT molecular complexity index is 1140. The Morgan fingerprint density at radius 3 is 2.34 bits per heavy atom. The van der Waals surface area contributed by atoms with Crippen LogP contribution in [0.4, 0.5) is 5.69 Å². The Kier molecular flexibility index (Phi) is 5.20. The summed E-state index contributed by atoms with van der Waals surface area (Å²) in [6.45, 7) is 0.607. The van der Waals surface area contributed by atoms with Crippen molar-refractivity contribution in [3.63, 3.8) is 0 Å². The molecular weight excluding hydrogens is 364 g/mol. The SMILES string of the molecule is CNC(=O)c1c(-c2ccccc2)oc2ccc(O)c(CCNc3ccccc3)c12. The number of hydrogen-bond acceptors (Lipinski definition) is 4. The van der Waals surface area contributed by atoms with Gasteiger partial charge in [0.05, 0.1) is 5.56 Å². The van der Waals surface area contributed by atoms with Crippen molar-refractivity contribution in [2.75, 3.05) is 18.9 Å². The number of anilines is 1. The molecule has 0 saturated carbocycles. The van der Waals surface area contributed by atoms with E-state index in [1.807, 2.05) is 60.7 Å². The third-order valence-corrected chi connectivity index (χ3v) is 4.91. The highest BCUT2D eigenvalue weighted by atomic mass is 16.3. The molecule has 0 aliphatic carbocycles. The number of fused-ring (bicyclic) bond motifs is 1. The van der Waals surface area contributed by atoms with E-state index in [9.17, 15) is 9.90 Å². The minimum absolute atomic E-state index is 0.151. The Labute approximate surface area is 169 Å². The van der Waals surface area contributed by atoms with Crippen LogP contribution in [0.5, 0.6) is 5.75 Å². The van der Waals surface area contributed by atoms with Crippen LogP contribution < -0.4 is 10.6 Å². The van der Waals surface area contributed by atoms with Crippen LogP contribution in [0.3, 0.4) is 0 Å². The number of nitrogens with one attached hydrogen (secondary N) is 2. The lowest BCUT2D eigenvalue weighted by Gasteiger charge is -2.10. The number of rotatable bonds is 6. The number of phenols is 1. The molecule has 4 aromatic rings. The van der Waals surface area contributed by atoms with Gasteiger partial charge in [-0.25, -0.2) is 0 Å². The molecule has 0 aliphatic heterocycles. The predicted molar refractivity (Wildman–Crippen MR) is 115 cm³/mol. The van der Waals surface area contributed by atoms with Gasteiger partial charge in [0.1, 0.15) is 17.1 Å². The highest BCUT2D eigenvalue weighted by Crippen LogP contribution is 2.38. The predicted octanol–water partition coefficient (Wildman–Crippen LogP) is 4.82. The molecule has 0 atom stereocenters. The summed E-state index contributed by atoms with van der Waals surface area (Å²) < 4.78 is 6.08. The van der Waals surface area contributed by atoms with Gasteiger partial charge in [-0.15, -0.1) is 0 Å². The molecule has 29 heavy (non-hydrogen) atoms. The van der Waals surface area contributed by atoms with E-state index in [2.05, 4.69) is 10.6 Å². The smallest absolute Gasteiger partial charge is 0.255 e. The molecule has 0 bridgehead atoms. The van der Waals surface area contributed by atoms with Gasteiger partial charge in [-0.2, -0.15) is 0 Å². The summed E-state index contributed by atoms with van der Waals surface area (Å²) in [4.78, 5) is 12.8. The first-order valence-electron chi connectivity index (χ1n) is 9.53. The van der Waals surface area contributed by atoms with Crippen LogP contribution in [0, 0.1) is 0 Å². The second kappa shape index (κ2) is 8.10. The number of amides is 1. The summed E-state index contributed by atoms with van der Waals surface area (Å²) in [5.74, 6) is 0.409. The quantitative estimate of drug-likeness (QED) is 0.444. The highest BCUT2D eigenvalue weighted by Gasteiger charge is 2.24. The summed E-state index contributed by atoms with van der Waals surface area (Å²) in [5, 5.41) is 17.3. The van der Waals surface area contributed by atoms with E-state index in [1.54, 1.807) is 19.2 Å². The van der Waals surface area contributed by atoms with Gasteiger partial charge in [0.25, 0.3) is 5.91 Å². The van der Waals surface area contributed by atoms with E-state index < -0.39 is 0 Å². The minimum atomic E-state index is -0.245. The van der Waals surface area contributed by atoms with Gasteiger partial charge in [0.15, 0.2) is 0 Å². The molecule has 3 N–H and O–H groups in total. The molecule has 4 rings (SSSR count). The van der Waals surface area contributed by atoms with Crippen molar-refractivity contribution in [3.8, 4) is 17.1 Å². The van der Waals surface area contributed by atoms with E-state index >= 15 is 0 Å². The molecule has 3 aromatic carbocycles. The van der Waals surface area contributed by atoms with Crippen LogP contribution in [-0.4, -0.2) is 24.6 Å². The summed E-state index contributed by atoms with van der Waals surface area (Å²) in [6.07, 6.45) is 0.538. The number of para-hydroxylation sites is 1. The highest BCUT2D eigenvalue weighted by molar-refractivity contribution is 6.12. The number of carbonyl (C=O) groups excluding carboxylic acids is 1. The molecule has 1 aromatic heterocycles. The molecule has 1 heterocycles. The van der Waals surface area contributed by atoms with Gasteiger partial charge in [0, 0.05) is 35.8 Å². The molecule has 0 radical (unpaired) electrons. The van der Waals surface area contributed by atoms with Crippen molar-refractivity contribution < 1.29 is 14.3 Å². The third kappa shape index (κ3) is 3.67. The molecule has 0 unspecified atom stereocenters. The average Bonchev–Trinajstić information content (AvgIpc) is 3.16. The average molecular weight is 386 g/mol. The summed E-state index contributed by atoms with van der Waals surface area (Å²) in [5.41, 5.74) is 3.53. The first kappa shape index (κ1) is 18.6. The molecule has 5 heteroatoms. The zero-order valence-electron chi connectivity index (χ0n) is 16.1. The van der Waals surface area contributed by atoms with Gasteiger partial charge in [-0.05, 0) is 30.7 Å². The fourth-order valence-corrected chi connectivity index (χ4v) is 3.52. The fourth-order valence-electron chi connectivity index (χ4n) is 3.52. The van der Waals surface area contributed by atoms with E-state index in [-0.39, 0.29) is 11.7 Å². The van der Waals surface area contributed by atoms with E-state index in [4.69, 9.17) is 4.42 Å². The summed E-state index contributed by atoms with van der Waals surface area (Å²) >= 11 is 0. The standard InChI is InChI=1S/C24H22N2O3/c1-25-24(28)22-21-18(14-15-26-17-10-6-3-7-11-17)19(27)12-13-20(21)29-23(22)16-8-4-2-5-9-16/h2-13,26-27H,14-15H2,1H3,(H,25,28). The first-order valence-corrected chi connectivity index (χ1v) is 9.53. The number of aromatic hydroxyl groups is 1. The molecule has 146 valence electrons. The van der Waals surface area contributed by atoms with Crippen LogP contribution >= 0.6 is 0 Å². The van der Waals surface area contributed by atoms with Crippen molar-refractivity contribution in [1.29, 1.82) is 0 Å². The van der Waals surface area contributed by atoms with Gasteiger partial charge < -0.3 is 20.2 Å². The van der Waals surface area contributed by atoms with Gasteiger partial charge in [0.2, 0.25) is 0 Å². The molecule has 0 saturated heterocycles. The number of furan rings is 1. The van der Waals surface area contributed by atoms with Crippen molar-refractivity contribution in [1.82, 2.24) is 5.32 Å². The Morgan fingerprint density at radius 2 is 1.66 bits per heavy atom. The number of phenolic OH excluding ortho intramolecular Hbond substituents is 1. The van der Waals surface area contributed by atoms with Crippen molar-refractivity contribution >= 4 is 22.6 Å². The van der Waals surface area contributed by atoms with Crippen LogP contribution in [0.1, 0.15) is 15.9 Å². The maximum atomic E-state index is 12.8. The Balaban J connectivity index is 1.78. The number of carbonyl (C=O) groups is 1. The maximum Gasteiger partial charge on any atom is 0.255 e. The Hall–Kier alpha value is -3.73. The largest absolute Gasteiger partial charge is 0.508 e. The number of benzene rings is 3. The lowest BCUT2D eigenvalue weighted by molar-refractivity contribution is 0.0964. The van der Waals surface area contributed by atoms with Gasteiger partial charge in [-0.1, -0.05) is 48.5 Å². The van der Waals surface area contributed by atoms with Crippen molar-refractivity contribution in [3.05, 3.63) is 83.9 Å². The van der Waals surface area contributed by atoms with Crippen molar-refractivity contribution in [2.24, 2.45) is 0 Å². The molecule has 1 amide bonds. The molecule has 0 spiro atoms. The first-order chi connectivity index (χ1) is 14.2. The maximum absolute atomic E-state index is 12.8. The molecule has 0 fully saturated rings. The lowest BCUT2D eigenvalue weighted by atomic mass is 9.98. The van der Waals surface area contributed by atoms with Crippen LogP contribution in [0.25, 0.3) is 22.3 Å². The van der Waals surface area contributed by atoms with Crippen molar-refractivity contribution in [2.45, 2.75) is 6.42 Å². The monoisotopic (exact) mass is 386 g/mol. The molecule has 5 nitrogen and oxygen atoms in total. The second-order valence-corrected chi connectivity index (χ2v) is 6.73. The zero-order chi connectivity index (χ0) is 20.2. The summed E-state index contributed by atoms with van der Waals surface area (Å²) in [6, 6.07) is 22.7. The topological polar surface area (TPSA) is 74.5 Å². The summed E-state index contributed by atoms with van der Waals surface area (Å²) in [7, 11) is 1.59. The second-order valence-electron chi connectivity index (χ2n) is 6.73. The zero-order valence-corrected chi connectivity index (χ0v) is 16.1.